The maximum absolute atomic E-state index is 5.46. The monoisotopic (exact) mass is 790 g/mol. The van der Waals surface area contributed by atoms with Crippen LogP contribution in [0.1, 0.15) is 0 Å². The number of para-hydroxylation sites is 2. The molecule has 0 unspecified atom stereocenters. The van der Waals surface area contributed by atoms with Gasteiger partial charge in [0.15, 0.2) is 0 Å². The normalized spacial score (nSPS) is 11.5. The van der Waals surface area contributed by atoms with Gasteiger partial charge in [0.2, 0.25) is 0 Å². The summed E-state index contributed by atoms with van der Waals surface area (Å²) in [6, 6.07) is 82.1. The van der Waals surface area contributed by atoms with E-state index in [4.69, 9.17) is 10.1 Å². The lowest BCUT2D eigenvalue weighted by molar-refractivity contribution is 0.979. The van der Waals surface area contributed by atoms with Gasteiger partial charge < -0.3 is 4.57 Å². The van der Waals surface area contributed by atoms with Gasteiger partial charge in [0, 0.05) is 49.7 Å². The van der Waals surface area contributed by atoms with Gasteiger partial charge in [0.05, 0.1) is 33.6 Å². The summed E-state index contributed by atoms with van der Waals surface area (Å²) in [5.41, 5.74) is 17.1. The molecule has 0 bridgehead atoms. The lowest BCUT2D eigenvalue weighted by atomic mass is 9.92. The molecule has 290 valence electrons. The fourth-order valence-corrected chi connectivity index (χ4v) is 9.28. The third-order valence-corrected chi connectivity index (χ3v) is 12.1. The fourth-order valence-electron chi connectivity index (χ4n) is 9.28. The second-order valence-electron chi connectivity index (χ2n) is 15.8. The van der Waals surface area contributed by atoms with E-state index < -0.39 is 0 Å². The smallest absolute Gasteiger partial charge is 0.101 e. The molecule has 0 aliphatic heterocycles. The predicted molar refractivity (Wildman–Crippen MR) is 257 cm³/mol. The minimum Gasteiger partial charge on any atom is -0.309 e. The van der Waals surface area contributed by atoms with Crippen LogP contribution in [-0.2, 0) is 0 Å². The van der Waals surface area contributed by atoms with Gasteiger partial charge in [0.1, 0.15) is 5.69 Å². The molecule has 0 radical (unpaired) electrons. The maximum Gasteiger partial charge on any atom is 0.101 e. The Labute approximate surface area is 359 Å². The SMILES string of the molecule is c1ccc(-c2cc(-c3cccc4c3cc(-c3ccccc3)n3nc(-c5ccccc5)c(-c5ccccc5)c43)cc(-c3ccc(-n4c5ccccc5c5ccccc54)cc3)n2)cc1. The Morgan fingerprint density at radius 1 is 0.339 bits per heavy atom. The Balaban J connectivity index is 1.09. The molecule has 12 aromatic rings. The fraction of sp³-hybridized carbons (Fsp3) is 0. The number of aromatic nitrogens is 4. The van der Waals surface area contributed by atoms with Crippen LogP contribution in [0.4, 0.5) is 0 Å². The molecule has 0 amide bonds. The first-order valence-corrected chi connectivity index (χ1v) is 21.1. The summed E-state index contributed by atoms with van der Waals surface area (Å²) in [6.45, 7) is 0. The van der Waals surface area contributed by atoms with Crippen molar-refractivity contribution in [2.75, 3.05) is 0 Å². The van der Waals surface area contributed by atoms with Crippen molar-refractivity contribution in [3.63, 3.8) is 0 Å². The van der Waals surface area contributed by atoms with E-state index >= 15 is 0 Å². The molecule has 4 aromatic heterocycles. The Hall–Kier alpha value is -8.34. The number of hydrogen-bond donors (Lipinski definition) is 0. The van der Waals surface area contributed by atoms with Crippen molar-refractivity contribution in [1.82, 2.24) is 19.2 Å². The van der Waals surface area contributed by atoms with E-state index in [1.807, 2.05) is 0 Å². The standard InChI is InChI=1S/C58H38N4/c1-5-18-39(19-6-1)51-36-44(37-52(59-51)40-32-34-45(35-33-40)61-53-30-15-13-26-47(53)48-27-14-16-31-54(48)61)46-28-17-29-49-50(46)38-55(41-20-7-2-8-21-41)62-58(49)56(42-22-9-3-10-23-42)57(60-62)43-24-11-4-12-25-43/h1-38H. The molecule has 0 aliphatic carbocycles. The molecule has 0 N–H and O–H groups in total. The highest BCUT2D eigenvalue weighted by Gasteiger charge is 2.23. The molecule has 0 fully saturated rings. The van der Waals surface area contributed by atoms with Crippen molar-refractivity contribution < 1.29 is 0 Å². The van der Waals surface area contributed by atoms with Crippen molar-refractivity contribution in [3.05, 3.63) is 231 Å². The van der Waals surface area contributed by atoms with E-state index in [1.54, 1.807) is 0 Å². The van der Waals surface area contributed by atoms with Crippen LogP contribution in [0, 0.1) is 0 Å². The van der Waals surface area contributed by atoms with Crippen LogP contribution in [0.5, 0.6) is 0 Å². The van der Waals surface area contributed by atoms with Crippen molar-refractivity contribution in [1.29, 1.82) is 0 Å². The summed E-state index contributed by atoms with van der Waals surface area (Å²) in [5, 5.41) is 10.2. The first kappa shape index (κ1) is 35.6. The summed E-state index contributed by atoms with van der Waals surface area (Å²) in [5.74, 6) is 0. The van der Waals surface area contributed by atoms with E-state index in [0.717, 1.165) is 89.3 Å². The highest BCUT2D eigenvalue weighted by molar-refractivity contribution is 6.13. The maximum atomic E-state index is 5.46. The number of hydrogen-bond acceptors (Lipinski definition) is 2. The Kier molecular flexibility index (Phi) is 8.46. The number of benzene rings is 8. The quantitative estimate of drug-likeness (QED) is 0.161. The minimum atomic E-state index is 0.914. The topological polar surface area (TPSA) is 35.1 Å². The Morgan fingerprint density at radius 2 is 0.839 bits per heavy atom. The van der Waals surface area contributed by atoms with Gasteiger partial charge >= 0.3 is 0 Å². The number of pyridine rings is 2. The van der Waals surface area contributed by atoms with Crippen LogP contribution < -0.4 is 0 Å². The van der Waals surface area contributed by atoms with Crippen LogP contribution in [0.15, 0.2) is 231 Å². The second-order valence-corrected chi connectivity index (χ2v) is 15.8. The summed E-state index contributed by atoms with van der Waals surface area (Å²) >= 11 is 0. The number of fused-ring (bicyclic) bond motifs is 6. The average Bonchev–Trinajstić information content (AvgIpc) is 3.92. The van der Waals surface area contributed by atoms with Crippen LogP contribution in [0.25, 0.3) is 111 Å². The van der Waals surface area contributed by atoms with Gasteiger partial charge in [-0.15, -0.1) is 0 Å². The van der Waals surface area contributed by atoms with E-state index in [-0.39, 0.29) is 0 Å². The average molecular weight is 791 g/mol. The third-order valence-electron chi connectivity index (χ3n) is 12.1. The zero-order valence-corrected chi connectivity index (χ0v) is 33.7. The first-order valence-electron chi connectivity index (χ1n) is 21.1. The van der Waals surface area contributed by atoms with E-state index in [9.17, 15) is 0 Å². The van der Waals surface area contributed by atoms with Crippen LogP contribution in [-0.4, -0.2) is 19.2 Å². The van der Waals surface area contributed by atoms with Gasteiger partial charge in [-0.3, -0.25) is 0 Å². The molecule has 8 aromatic carbocycles. The minimum absolute atomic E-state index is 0.914. The molecule has 0 saturated carbocycles. The van der Waals surface area contributed by atoms with Crippen LogP contribution in [0.2, 0.25) is 0 Å². The van der Waals surface area contributed by atoms with Crippen molar-refractivity contribution >= 4 is 38.1 Å². The Morgan fingerprint density at radius 3 is 1.45 bits per heavy atom. The first-order chi connectivity index (χ1) is 30.8. The molecule has 4 heterocycles. The molecule has 62 heavy (non-hydrogen) atoms. The van der Waals surface area contributed by atoms with Crippen LogP contribution in [0.3, 0.4) is 0 Å². The summed E-state index contributed by atoms with van der Waals surface area (Å²) in [4.78, 5) is 5.36. The van der Waals surface area contributed by atoms with Gasteiger partial charge in [-0.1, -0.05) is 188 Å². The summed E-state index contributed by atoms with van der Waals surface area (Å²) in [6.07, 6.45) is 0. The molecule has 12 rings (SSSR count). The van der Waals surface area contributed by atoms with E-state index in [1.165, 1.54) is 21.8 Å². The molecule has 0 aliphatic rings. The molecular weight excluding hydrogens is 753 g/mol. The molecule has 4 nitrogen and oxygen atoms in total. The zero-order valence-electron chi connectivity index (χ0n) is 33.7. The highest BCUT2D eigenvalue weighted by atomic mass is 15.2. The van der Waals surface area contributed by atoms with Gasteiger partial charge in [-0.05, 0) is 64.5 Å². The molecule has 0 spiro atoms. The summed E-state index contributed by atoms with van der Waals surface area (Å²) in [7, 11) is 0. The van der Waals surface area contributed by atoms with Crippen molar-refractivity contribution in [2.24, 2.45) is 0 Å². The van der Waals surface area contributed by atoms with Crippen molar-refractivity contribution in [2.45, 2.75) is 0 Å². The van der Waals surface area contributed by atoms with Crippen LogP contribution >= 0.6 is 0 Å². The van der Waals surface area contributed by atoms with Gasteiger partial charge in [-0.25, -0.2) is 9.50 Å². The van der Waals surface area contributed by atoms with E-state index in [2.05, 4.69) is 240 Å². The largest absolute Gasteiger partial charge is 0.309 e. The molecule has 0 atom stereocenters. The number of rotatable bonds is 7. The lowest BCUT2D eigenvalue weighted by Gasteiger charge is -2.16. The molecule has 0 saturated heterocycles. The molecular formula is C58H38N4. The van der Waals surface area contributed by atoms with Crippen molar-refractivity contribution in [3.8, 4) is 73.0 Å². The summed E-state index contributed by atoms with van der Waals surface area (Å²) < 4.78 is 4.52. The van der Waals surface area contributed by atoms with Gasteiger partial charge in [0.25, 0.3) is 0 Å². The zero-order chi connectivity index (χ0) is 41.0. The third kappa shape index (κ3) is 5.92. The van der Waals surface area contributed by atoms with E-state index in [0.29, 0.717) is 0 Å². The molecule has 4 heteroatoms. The second kappa shape index (κ2) is 14.7. The predicted octanol–water partition coefficient (Wildman–Crippen LogP) is 15.0. The lowest BCUT2D eigenvalue weighted by Crippen LogP contribution is -1.97. The Bertz CT molecular complexity index is 3540. The highest BCUT2D eigenvalue weighted by Crippen LogP contribution is 2.44. The van der Waals surface area contributed by atoms with Gasteiger partial charge in [-0.2, -0.15) is 5.10 Å². The number of nitrogens with zero attached hydrogens (tertiary/aromatic N) is 4.